The largest absolute Gasteiger partial charge is 0.365 e. The monoisotopic (exact) mass is 329 g/mol. The van der Waals surface area contributed by atoms with E-state index in [1.807, 2.05) is 4.52 Å². The molecular formula is C18H27N5O. The van der Waals surface area contributed by atoms with Crippen molar-refractivity contribution >= 4 is 11.6 Å². The van der Waals surface area contributed by atoms with Gasteiger partial charge in [-0.25, -0.2) is 4.98 Å². The average Bonchev–Trinajstić information content (AvgIpc) is 3.14. The molecule has 1 aliphatic heterocycles. The van der Waals surface area contributed by atoms with Crippen molar-refractivity contribution in [3.63, 3.8) is 0 Å². The van der Waals surface area contributed by atoms with Crippen LogP contribution >= 0.6 is 0 Å². The van der Waals surface area contributed by atoms with Crippen LogP contribution in [0.15, 0.2) is 12.4 Å². The topological polar surface area (TPSA) is 55.6 Å². The van der Waals surface area contributed by atoms with Crippen molar-refractivity contribution in [2.45, 2.75) is 70.5 Å². The Morgan fingerprint density at radius 2 is 2.00 bits per heavy atom. The number of hydrogen-bond donors (Lipinski definition) is 0. The molecule has 2 fully saturated rings. The fraction of sp³-hybridized carbons (Fsp3) is 0.722. The maximum atomic E-state index is 6.54. The van der Waals surface area contributed by atoms with Crippen molar-refractivity contribution in [1.29, 1.82) is 0 Å². The van der Waals surface area contributed by atoms with Crippen LogP contribution in [0.3, 0.4) is 0 Å². The summed E-state index contributed by atoms with van der Waals surface area (Å²) in [5.74, 6) is 1.80. The Bertz CT molecular complexity index is 732. The highest BCUT2D eigenvalue weighted by Crippen LogP contribution is 2.41. The molecule has 0 aromatic carbocycles. The number of rotatable bonds is 3. The van der Waals surface area contributed by atoms with Gasteiger partial charge in [-0.15, -0.1) is 0 Å². The number of aromatic nitrogens is 4. The van der Waals surface area contributed by atoms with Gasteiger partial charge in [-0.3, -0.25) is 0 Å². The highest BCUT2D eigenvalue weighted by Gasteiger charge is 2.46. The first kappa shape index (κ1) is 15.8. The zero-order valence-corrected chi connectivity index (χ0v) is 15.0. The Labute approximate surface area is 143 Å². The number of morpholine rings is 1. The van der Waals surface area contributed by atoms with Gasteiger partial charge < -0.3 is 9.64 Å². The quantitative estimate of drug-likeness (QED) is 0.866. The molecule has 0 amide bonds. The molecule has 24 heavy (non-hydrogen) atoms. The molecule has 0 bridgehead atoms. The fourth-order valence-electron chi connectivity index (χ4n) is 4.41. The molecule has 1 saturated carbocycles. The molecule has 6 heteroatoms. The van der Waals surface area contributed by atoms with Crippen LogP contribution in [0.2, 0.25) is 0 Å². The van der Waals surface area contributed by atoms with Crippen molar-refractivity contribution in [3.8, 4) is 0 Å². The number of anilines is 1. The zero-order valence-electron chi connectivity index (χ0n) is 15.0. The summed E-state index contributed by atoms with van der Waals surface area (Å²) in [5.41, 5.74) is 0.921. The maximum absolute atomic E-state index is 6.54. The lowest BCUT2D eigenvalue weighted by atomic mass is 9.94. The summed E-state index contributed by atoms with van der Waals surface area (Å²) in [7, 11) is 0. The number of hydrogen-bond acceptors (Lipinski definition) is 5. The van der Waals surface area contributed by atoms with Gasteiger partial charge in [0.2, 0.25) is 0 Å². The lowest BCUT2D eigenvalue weighted by Gasteiger charge is -2.49. The molecule has 130 valence electrons. The summed E-state index contributed by atoms with van der Waals surface area (Å²) in [6, 6.07) is 2.19. The molecule has 1 spiro atoms. The smallest absolute Gasteiger partial charge is 0.254 e. The predicted octanol–water partition coefficient (Wildman–Crippen LogP) is 3.00. The molecule has 2 aliphatic rings. The van der Waals surface area contributed by atoms with E-state index in [9.17, 15) is 0 Å². The van der Waals surface area contributed by atoms with E-state index in [4.69, 9.17) is 4.74 Å². The Kier molecular flexibility index (Phi) is 3.75. The fourth-order valence-corrected chi connectivity index (χ4v) is 4.41. The molecule has 0 atom stereocenters. The minimum absolute atomic E-state index is 0.0111. The van der Waals surface area contributed by atoms with E-state index in [1.54, 1.807) is 6.33 Å². The van der Waals surface area contributed by atoms with Crippen molar-refractivity contribution in [2.75, 3.05) is 18.0 Å². The van der Waals surface area contributed by atoms with Crippen LogP contribution in [0, 0.1) is 0 Å². The molecule has 6 nitrogen and oxygen atoms in total. The van der Waals surface area contributed by atoms with Crippen LogP contribution in [-0.2, 0) is 11.2 Å². The highest BCUT2D eigenvalue weighted by atomic mass is 16.5. The van der Waals surface area contributed by atoms with Gasteiger partial charge in [-0.1, -0.05) is 26.2 Å². The van der Waals surface area contributed by atoms with Crippen molar-refractivity contribution in [1.82, 2.24) is 19.6 Å². The molecule has 2 aromatic rings. The minimum Gasteiger partial charge on any atom is -0.365 e. The van der Waals surface area contributed by atoms with E-state index in [1.165, 1.54) is 12.8 Å². The average molecular weight is 329 g/mol. The van der Waals surface area contributed by atoms with Gasteiger partial charge in [-0.05, 0) is 33.1 Å². The second kappa shape index (κ2) is 5.69. The number of nitrogens with zero attached hydrogens (tertiary/aromatic N) is 5. The number of aryl methyl sites for hydroxylation is 1. The second-order valence-corrected chi connectivity index (χ2v) is 7.94. The van der Waals surface area contributed by atoms with Crippen LogP contribution in [0.5, 0.6) is 0 Å². The summed E-state index contributed by atoms with van der Waals surface area (Å²) in [5, 5.41) is 4.42. The summed E-state index contributed by atoms with van der Waals surface area (Å²) < 4.78 is 8.42. The van der Waals surface area contributed by atoms with Crippen LogP contribution < -0.4 is 4.90 Å². The predicted molar refractivity (Wildman–Crippen MR) is 93.4 cm³/mol. The second-order valence-electron chi connectivity index (χ2n) is 7.94. The summed E-state index contributed by atoms with van der Waals surface area (Å²) in [4.78, 5) is 11.4. The van der Waals surface area contributed by atoms with E-state index in [-0.39, 0.29) is 11.2 Å². The van der Waals surface area contributed by atoms with Gasteiger partial charge in [-0.2, -0.15) is 14.6 Å². The van der Waals surface area contributed by atoms with Crippen LogP contribution in [0.1, 0.15) is 58.6 Å². The Balaban J connectivity index is 1.76. The standard InChI is InChI=1S/C18H27N5O/c1-4-7-14-10-15(23-16(21-14)19-13-20-23)22-11-17(2,3)24-18(12-22)8-5-6-9-18/h10,13H,4-9,11-12H2,1-3H3. The third-order valence-corrected chi connectivity index (χ3v) is 5.17. The van der Waals surface area contributed by atoms with E-state index >= 15 is 0 Å². The highest BCUT2D eigenvalue weighted by molar-refractivity contribution is 5.48. The molecule has 0 radical (unpaired) electrons. The summed E-state index contributed by atoms with van der Waals surface area (Å²) >= 11 is 0. The first-order valence-corrected chi connectivity index (χ1v) is 9.15. The molecule has 0 N–H and O–H groups in total. The van der Waals surface area contributed by atoms with Crippen molar-refractivity contribution in [2.24, 2.45) is 0 Å². The SMILES string of the molecule is CCCc1cc(N2CC(C)(C)OC3(CCCC3)C2)n2ncnc2n1. The van der Waals surface area contributed by atoms with E-state index in [0.717, 1.165) is 50.3 Å². The summed E-state index contributed by atoms with van der Waals surface area (Å²) in [6.45, 7) is 8.37. The van der Waals surface area contributed by atoms with Gasteiger partial charge in [0.15, 0.2) is 0 Å². The molecule has 1 aliphatic carbocycles. The van der Waals surface area contributed by atoms with Crippen LogP contribution in [0.25, 0.3) is 5.78 Å². The first-order valence-electron chi connectivity index (χ1n) is 9.15. The number of fused-ring (bicyclic) bond motifs is 1. The molecule has 4 rings (SSSR count). The third kappa shape index (κ3) is 2.77. The number of ether oxygens (including phenoxy) is 1. The lowest BCUT2D eigenvalue weighted by Crippen LogP contribution is -2.59. The zero-order chi connectivity index (χ0) is 16.8. The third-order valence-electron chi connectivity index (χ3n) is 5.17. The molecule has 0 unspecified atom stereocenters. The Morgan fingerprint density at radius 1 is 1.21 bits per heavy atom. The van der Waals surface area contributed by atoms with Crippen LogP contribution in [0.4, 0.5) is 5.82 Å². The van der Waals surface area contributed by atoms with Gasteiger partial charge in [0.25, 0.3) is 5.78 Å². The van der Waals surface area contributed by atoms with Gasteiger partial charge in [0.05, 0.1) is 11.2 Å². The minimum atomic E-state index is -0.163. The first-order chi connectivity index (χ1) is 11.5. The van der Waals surface area contributed by atoms with Gasteiger partial charge in [0.1, 0.15) is 12.1 Å². The summed E-state index contributed by atoms with van der Waals surface area (Å²) in [6.07, 6.45) is 8.48. The van der Waals surface area contributed by atoms with Gasteiger partial charge in [0, 0.05) is 24.8 Å². The normalized spacial score (nSPS) is 22.5. The van der Waals surface area contributed by atoms with E-state index in [0.29, 0.717) is 5.78 Å². The van der Waals surface area contributed by atoms with E-state index in [2.05, 4.69) is 46.8 Å². The molecule has 3 heterocycles. The Hall–Kier alpha value is -1.69. The Morgan fingerprint density at radius 3 is 2.75 bits per heavy atom. The molecular weight excluding hydrogens is 302 g/mol. The molecule has 2 aromatic heterocycles. The van der Waals surface area contributed by atoms with Crippen molar-refractivity contribution in [3.05, 3.63) is 18.1 Å². The van der Waals surface area contributed by atoms with Crippen molar-refractivity contribution < 1.29 is 4.74 Å². The maximum Gasteiger partial charge on any atom is 0.254 e. The van der Waals surface area contributed by atoms with Crippen LogP contribution in [-0.4, -0.2) is 43.9 Å². The lowest BCUT2D eigenvalue weighted by molar-refractivity contribution is -0.148. The molecule has 1 saturated heterocycles. The van der Waals surface area contributed by atoms with E-state index < -0.39 is 0 Å². The van der Waals surface area contributed by atoms with Gasteiger partial charge >= 0.3 is 0 Å².